The molecular weight excluding hydrogens is 130 g/mol. The molecule has 0 bridgehead atoms. The Hall–Kier alpha value is -0.590. The molecule has 0 radical (unpaired) electrons. The van der Waals surface area contributed by atoms with Crippen LogP contribution in [0.4, 0.5) is 0 Å². The zero-order valence-corrected chi connectivity index (χ0v) is 6.09. The van der Waals surface area contributed by atoms with Crippen LogP contribution in [0.5, 0.6) is 0 Å². The SMILES string of the molecule is COC1(C#N)CCCOC1. The quantitative estimate of drug-likeness (QED) is 0.540. The molecule has 0 aromatic rings. The number of rotatable bonds is 1. The molecule has 56 valence electrons. The molecule has 10 heavy (non-hydrogen) atoms. The summed E-state index contributed by atoms with van der Waals surface area (Å²) in [4.78, 5) is 0. The van der Waals surface area contributed by atoms with Gasteiger partial charge >= 0.3 is 0 Å². The zero-order valence-electron chi connectivity index (χ0n) is 6.09. The topological polar surface area (TPSA) is 42.2 Å². The van der Waals surface area contributed by atoms with E-state index in [2.05, 4.69) is 6.07 Å². The Labute approximate surface area is 60.5 Å². The summed E-state index contributed by atoms with van der Waals surface area (Å²) in [5, 5.41) is 8.69. The smallest absolute Gasteiger partial charge is 0.176 e. The second kappa shape index (κ2) is 3.00. The summed E-state index contributed by atoms with van der Waals surface area (Å²) in [6.45, 7) is 1.17. The summed E-state index contributed by atoms with van der Waals surface area (Å²) in [7, 11) is 1.55. The van der Waals surface area contributed by atoms with E-state index in [0.29, 0.717) is 6.61 Å². The van der Waals surface area contributed by atoms with Crippen molar-refractivity contribution in [3.8, 4) is 6.07 Å². The normalized spacial score (nSPS) is 33.2. The van der Waals surface area contributed by atoms with Crippen molar-refractivity contribution in [2.24, 2.45) is 0 Å². The second-order valence-electron chi connectivity index (χ2n) is 2.47. The largest absolute Gasteiger partial charge is 0.377 e. The summed E-state index contributed by atoms with van der Waals surface area (Å²) in [5.41, 5.74) is -0.655. The van der Waals surface area contributed by atoms with Crippen molar-refractivity contribution in [2.45, 2.75) is 18.4 Å². The Kier molecular flexibility index (Phi) is 2.25. The molecule has 0 saturated carbocycles. The molecule has 0 amide bonds. The average molecular weight is 141 g/mol. The number of nitriles is 1. The van der Waals surface area contributed by atoms with E-state index >= 15 is 0 Å². The third-order valence-electron chi connectivity index (χ3n) is 1.80. The van der Waals surface area contributed by atoms with Crippen molar-refractivity contribution in [1.82, 2.24) is 0 Å². The van der Waals surface area contributed by atoms with Gasteiger partial charge in [0.25, 0.3) is 0 Å². The highest BCUT2D eigenvalue weighted by Gasteiger charge is 2.32. The molecule has 1 fully saturated rings. The van der Waals surface area contributed by atoms with Crippen LogP contribution >= 0.6 is 0 Å². The van der Waals surface area contributed by atoms with Crippen LogP contribution < -0.4 is 0 Å². The van der Waals surface area contributed by atoms with E-state index in [1.807, 2.05) is 0 Å². The van der Waals surface area contributed by atoms with Gasteiger partial charge in [-0.15, -0.1) is 0 Å². The van der Waals surface area contributed by atoms with Crippen LogP contribution in [0, 0.1) is 11.3 Å². The van der Waals surface area contributed by atoms with Crippen LogP contribution in [0.15, 0.2) is 0 Å². The van der Waals surface area contributed by atoms with Crippen molar-refractivity contribution < 1.29 is 9.47 Å². The zero-order chi connectivity index (χ0) is 7.45. The highest BCUT2D eigenvalue weighted by atomic mass is 16.5. The molecule has 0 aliphatic carbocycles. The Balaban J connectivity index is 2.55. The third kappa shape index (κ3) is 1.28. The molecule has 0 N–H and O–H groups in total. The molecule has 0 aromatic heterocycles. The van der Waals surface area contributed by atoms with E-state index in [1.165, 1.54) is 0 Å². The predicted octanol–water partition coefficient (Wildman–Crippen LogP) is 0.706. The number of nitrogens with zero attached hydrogens (tertiary/aromatic N) is 1. The number of ether oxygens (including phenoxy) is 2. The van der Waals surface area contributed by atoms with E-state index in [9.17, 15) is 0 Å². The molecule has 3 heteroatoms. The van der Waals surface area contributed by atoms with E-state index in [4.69, 9.17) is 14.7 Å². The van der Waals surface area contributed by atoms with Crippen LogP contribution in [-0.4, -0.2) is 25.9 Å². The predicted molar refractivity (Wildman–Crippen MR) is 35.4 cm³/mol. The fraction of sp³-hybridized carbons (Fsp3) is 0.857. The lowest BCUT2D eigenvalue weighted by atomic mass is 9.99. The minimum Gasteiger partial charge on any atom is -0.377 e. The van der Waals surface area contributed by atoms with Gasteiger partial charge in [0.15, 0.2) is 5.60 Å². The van der Waals surface area contributed by atoms with Crippen LogP contribution in [0.25, 0.3) is 0 Å². The summed E-state index contributed by atoms with van der Waals surface area (Å²) >= 11 is 0. The Morgan fingerprint density at radius 3 is 2.80 bits per heavy atom. The maximum Gasteiger partial charge on any atom is 0.176 e. The first-order valence-electron chi connectivity index (χ1n) is 3.37. The van der Waals surface area contributed by atoms with Crippen molar-refractivity contribution >= 4 is 0 Å². The molecule has 1 aliphatic heterocycles. The van der Waals surface area contributed by atoms with Crippen molar-refractivity contribution in [3.63, 3.8) is 0 Å². The maximum atomic E-state index is 8.69. The highest BCUT2D eigenvalue weighted by Crippen LogP contribution is 2.21. The number of methoxy groups -OCH3 is 1. The fourth-order valence-corrected chi connectivity index (χ4v) is 1.06. The van der Waals surface area contributed by atoms with E-state index in [1.54, 1.807) is 7.11 Å². The van der Waals surface area contributed by atoms with Gasteiger partial charge in [-0.2, -0.15) is 5.26 Å². The lowest BCUT2D eigenvalue weighted by Gasteiger charge is -2.28. The molecular formula is C7H11NO2. The van der Waals surface area contributed by atoms with Gasteiger partial charge in [-0.05, 0) is 12.8 Å². The molecule has 1 rings (SSSR count). The van der Waals surface area contributed by atoms with Crippen LogP contribution in [0.1, 0.15) is 12.8 Å². The first-order valence-corrected chi connectivity index (χ1v) is 3.37. The summed E-state index contributed by atoms with van der Waals surface area (Å²) in [5.74, 6) is 0. The van der Waals surface area contributed by atoms with Gasteiger partial charge in [-0.1, -0.05) is 0 Å². The van der Waals surface area contributed by atoms with Gasteiger partial charge in [0.1, 0.15) is 6.07 Å². The monoisotopic (exact) mass is 141 g/mol. The fourth-order valence-electron chi connectivity index (χ4n) is 1.06. The van der Waals surface area contributed by atoms with Crippen molar-refractivity contribution in [3.05, 3.63) is 0 Å². The van der Waals surface area contributed by atoms with Gasteiger partial charge in [0, 0.05) is 13.7 Å². The van der Waals surface area contributed by atoms with Gasteiger partial charge in [0.05, 0.1) is 6.61 Å². The second-order valence-corrected chi connectivity index (χ2v) is 2.47. The molecule has 1 aliphatic rings. The Bertz CT molecular complexity index is 144. The minimum absolute atomic E-state index is 0.417. The van der Waals surface area contributed by atoms with E-state index in [-0.39, 0.29) is 0 Å². The van der Waals surface area contributed by atoms with Crippen molar-refractivity contribution in [1.29, 1.82) is 5.26 Å². The van der Waals surface area contributed by atoms with Crippen molar-refractivity contribution in [2.75, 3.05) is 20.3 Å². The van der Waals surface area contributed by atoms with Crippen LogP contribution in [0.3, 0.4) is 0 Å². The number of hydrogen-bond donors (Lipinski definition) is 0. The standard InChI is InChI=1S/C7H11NO2/c1-9-7(5-8)3-2-4-10-6-7/h2-4,6H2,1H3. The maximum absolute atomic E-state index is 8.69. The minimum atomic E-state index is -0.655. The molecule has 1 heterocycles. The summed E-state index contributed by atoms with van der Waals surface area (Å²) < 4.78 is 10.2. The molecule has 1 atom stereocenters. The van der Waals surface area contributed by atoms with Gasteiger partial charge in [-0.25, -0.2) is 0 Å². The highest BCUT2D eigenvalue weighted by molar-refractivity contribution is 5.02. The van der Waals surface area contributed by atoms with Crippen LogP contribution in [-0.2, 0) is 9.47 Å². The van der Waals surface area contributed by atoms with Crippen LogP contribution in [0.2, 0.25) is 0 Å². The van der Waals surface area contributed by atoms with E-state index < -0.39 is 5.60 Å². The average Bonchev–Trinajstić information content (AvgIpc) is 2.06. The lowest BCUT2D eigenvalue weighted by molar-refractivity contribution is -0.0739. The summed E-state index contributed by atoms with van der Waals surface area (Å²) in [6, 6.07) is 2.12. The first-order chi connectivity index (χ1) is 4.83. The summed E-state index contributed by atoms with van der Waals surface area (Å²) in [6.07, 6.45) is 1.71. The molecule has 3 nitrogen and oxygen atoms in total. The third-order valence-corrected chi connectivity index (χ3v) is 1.80. The van der Waals surface area contributed by atoms with E-state index in [0.717, 1.165) is 19.4 Å². The number of hydrogen-bond acceptors (Lipinski definition) is 3. The lowest BCUT2D eigenvalue weighted by Crippen LogP contribution is -2.38. The molecule has 1 saturated heterocycles. The molecule has 1 unspecified atom stereocenters. The van der Waals surface area contributed by atoms with Gasteiger partial charge in [-0.3, -0.25) is 0 Å². The molecule has 0 spiro atoms. The Morgan fingerprint density at radius 2 is 2.50 bits per heavy atom. The Morgan fingerprint density at radius 1 is 1.70 bits per heavy atom. The first kappa shape index (κ1) is 7.52. The van der Waals surface area contributed by atoms with Gasteiger partial charge in [0.2, 0.25) is 0 Å². The molecule has 0 aromatic carbocycles. The van der Waals surface area contributed by atoms with Gasteiger partial charge < -0.3 is 9.47 Å².